The number of hydroxylamine groups is 2. The summed E-state index contributed by atoms with van der Waals surface area (Å²) in [6.07, 6.45) is 6.36. The molecular weight excluding hydrogens is 340 g/mol. The van der Waals surface area contributed by atoms with Crippen LogP contribution < -0.4 is 10.6 Å². The Morgan fingerprint density at radius 2 is 1.92 bits per heavy atom. The van der Waals surface area contributed by atoms with E-state index in [1.165, 1.54) is 11.9 Å². The quantitative estimate of drug-likeness (QED) is 0.343. The fourth-order valence-electron chi connectivity index (χ4n) is 3.97. The molecule has 1 saturated heterocycles. The highest BCUT2D eigenvalue weighted by Crippen LogP contribution is 2.32. The van der Waals surface area contributed by atoms with Crippen molar-refractivity contribution in [3.8, 4) is 0 Å². The van der Waals surface area contributed by atoms with Gasteiger partial charge in [0.15, 0.2) is 0 Å². The Morgan fingerprint density at radius 1 is 1.23 bits per heavy atom. The molecule has 0 spiro atoms. The number of likely N-dealkylation sites (tertiary alicyclic amines) is 1. The zero-order chi connectivity index (χ0) is 19.1. The zero-order valence-electron chi connectivity index (χ0n) is 15.1. The third-order valence-electron chi connectivity index (χ3n) is 5.27. The van der Waals surface area contributed by atoms with Gasteiger partial charge in [-0.3, -0.25) is 24.9 Å². The maximum atomic E-state index is 13.0. The van der Waals surface area contributed by atoms with Gasteiger partial charge in [-0.25, -0.2) is 9.86 Å². The number of hydrogen-bond acceptors (Lipinski definition) is 5. The monoisotopic (exact) mass is 368 g/mol. The smallest absolute Gasteiger partial charge is 0.321 e. The van der Waals surface area contributed by atoms with E-state index in [1.54, 1.807) is 0 Å². The Labute approximate surface area is 153 Å². The third kappa shape index (κ3) is 5.17. The highest BCUT2D eigenvalue weighted by Gasteiger charge is 2.38. The topological polar surface area (TPSA) is 119 Å². The van der Waals surface area contributed by atoms with Crippen LogP contribution in [0.2, 0.25) is 0 Å². The van der Waals surface area contributed by atoms with Gasteiger partial charge in [0.05, 0.1) is 12.5 Å². The Kier molecular flexibility index (Phi) is 7.38. The molecule has 0 aromatic heterocycles. The molecule has 2 fully saturated rings. The zero-order valence-corrected chi connectivity index (χ0v) is 15.1. The summed E-state index contributed by atoms with van der Waals surface area (Å²) in [4.78, 5) is 49.0. The highest BCUT2D eigenvalue weighted by atomic mass is 16.5. The summed E-state index contributed by atoms with van der Waals surface area (Å²) < 4.78 is 0. The summed E-state index contributed by atoms with van der Waals surface area (Å²) in [5.74, 6) is -0.912. The van der Waals surface area contributed by atoms with Crippen LogP contribution in [0.25, 0.3) is 0 Å². The van der Waals surface area contributed by atoms with Crippen molar-refractivity contribution in [1.29, 1.82) is 0 Å². The minimum absolute atomic E-state index is 0.0842. The molecule has 9 nitrogen and oxygen atoms in total. The van der Waals surface area contributed by atoms with Gasteiger partial charge in [0.25, 0.3) is 5.91 Å². The van der Waals surface area contributed by atoms with E-state index >= 15 is 0 Å². The Morgan fingerprint density at radius 3 is 2.54 bits per heavy atom. The van der Waals surface area contributed by atoms with Crippen molar-refractivity contribution >= 4 is 24.3 Å². The Hall–Kier alpha value is -2.16. The molecule has 1 unspecified atom stereocenters. The molecule has 26 heavy (non-hydrogen) atoms. The minimum Gasteiger partial charge on any atom is -0.341 e. The molecule has 1 heterocycles. The predicted octanol–water partition coefficient (Wildman–Crippen LogP) is 0.477. The standard InChI is InChI=1S/C17H28N4O5/c1-18-17(25)19-15(23)14-7-4-8-21(14)16(24)13(10-20(26)11-22)9-12-5-2-3-6-12/h11-14,26H,2-10H2,1H3,(H2,18,19,23,25)/t13?,14-/m0/s1. The Bertz CT molecular complexity index is 535. The fourth-order valence-corrected chi connectivity index (χ4v) is 3.97. The molecule has 0 aromatic rings. The fraction of sp³-hybridized carbons (Fsp3) is 0.765. The van der Waals surface area contributed by atoms with E-state index in [4.69, 9.17) is 0 Å². The average molecular weight is 368 g/mol. The molecule has 0 bridgehead atoms. The molecule has 146 valence electrons. The molecule has 1 saturated carbocycles. The molecular formula is C17H28N4O5. The maximum Gasteiger partial charge on any atom is 0.321 e. The highest BCUT2D eigenvalue weighted by molar-refractivity contribution is 5.99. The molecule has 2 rings (SSSR count). The van der Waals surface area contributed by atoms with Gasteiger partial charge < -0.3 is 10.2 Å². The van der Waals surface area contributed by atoms with Gasteiger partial charge in [-0.1, -0.05) is 25.7 Å². The number of amides is 5. The van der Waals surface area contributed by atoms with Gasteiger partial charge in [-0.15, -0.1) is 0 Å². The number of carbonyl (C=O) groups excluding carboxylic acids is 4. The van der Waals surface area contributed by atoms with Crippen LogP contribution in [0.3, 0.4) is 0 Å². The van der Waals surface area contributed by atoms with Crippen LogP contribution in [0, 0.1) is 11.8 Å². The average Bonchev–Trinajstić information content (AvgIpc) is 3.31. The van der Waals surface area contributed by atoms with Crippen molar-refractivity contribution in [2.45, 2.75) is 51.0 Å². The summed E-state index contributed by atoms with van der Waals surface area (Å²) in [6.45, 7) is 0.345. The SMILES string of the molecule is CNC(=O)NC(=O)[C@@H]1CCCN1C(=O)C(CC1CCCC1)CN(O)C=O. The molecule has 0 radical (unpaired) electrons. The lowest BCUT2D eigenvalue weighted by atomic mass is 9.91. The second kappa shape index (κ2) is 9.51. The lowest BCUT2D eigenvalue weighted by Crippen LogP contribution is -2.51. The first-order chi connectivity index (χ1) is 12.5. The maximum absolute atomic E-state index is 13.0. The van der Waals surface area contributed by atoms with Crippen molar-refractivity contribution < 1.29 is 24.4 Å². The molecule has 1 aliphatic carbocycles. The summed E-state index contributed by atoms with van der Waals surface area (Å²) in [6, 6.07) is -1.31. The van der Waals surface area contributed by atoms with E-state index < -0.39 is 23.9 Å². The molecule has 2 atom stereocenters. The van der Waals surface area contributed by atoms with Crippen LogP contribution in [0.4, 0.5) is 4.79 Å². The van der Waals surface area contributed by atoms with Gasteiger partial charge in [0.2, 0.25) is 12.3 Å². The third-order valence-corrected chi connectivity index (χ3v) is 5.27. The van der Waals surface area contributed by atoms with Crippen LogP contribution in [0.15, 0.2) is 0 Å². The van der Waals surface area contributed by atoms with Crippen LogP contribution in [-0.2, 0) is 14.4 Å². The summed E-state index contributed by atoms with van der Waals surface area (Å²) >= 11 is 0. The van der Waals surface area contributed by atoms with Gasteiger partial charge in [0.1, 0.15) is 6.04 Å². The second-order valence-corrected chi connectivity index (χ2v) is 7.07. The van der Waals surface area contributed by atoms with Crippen LogP contribution in [0.5, 0.6) is 0 Å². The van der Waals surface area contributed by atoms with E-state index in [9.17, 15) is 24.4 Å². The lowest BCUT2D eigenvalue weighted by Gasteiger charge is -2.30. The number of carbonyl (C=O) groups is 4. The van der Waals surface area contributed by atoms with Crippen molar-refractivity contribution in [2.24, 2.45) is 11.8 Å². The predicted molar refractivity (Wildman–Crippen MR) is 92.0 cm³/mol. The van der Waals surface area contributed by atoms with E-state index in [0.717, 1.165) is 25.7 Å². The van der Waals surface area contributed by atoms with Gasteiger partial charge in [-0.2, -0.15) is 0 Å². The first-order valence-corrected chi connectivity index (χ1v) is 9.20. The van der Waals surface area contributed by atoms with Crippen LogP contribution in [0.1, 0.15) is 44.9 Å². The van der Waals surface area contributed by atoms with E-state index in [-0.39, 0.29) is 18.9 Å². The van der Waals surface area contributed by atoms with E-state index in [1.807, 2.05) is 0 Å². The van der Waals surface area contributed by atoms with E-state index in [2.05, 4.69) is 10.6 Å². The second-order valence-electron chi connectivity index (χ2n) is 7.07. The lowest BCUT2D eigenvalue weighted by molar-refractivity contribution is -0.158. The molecule has 0 aromatic carbocycles. The van der Waals surface area contributed by atoms with Crippen molar-refractivity contribution in [1.82, 2.24) is 20.6 Å². The molecule has 5 amide bonds. The summed E-state index contributed by atoms with van der Waals surface area (Å²) in [5, 5.41) is 14.6. The van der Waals surface area contributed by atoms with Crippen molar-refractivity contribution in [3.05, 3.63) is 0 Å². The number of imide groups is 1. The van der Waals surface area contributed by atoms with Gasteiger partial charge in [0, 0.05) is 13.6 Å². The van der Waals surface area contributed by atoms with Gasteiger partial charge in [-0.05, 0) is 25.2 Å². The first kappa shape index (κ1) is 20.2. The number of urea groups is 1. The van der Waals surface area contributed by atoms with Gasteiger partial charge >= 0.3 is 6.03 Å². The number of hydrogen-bond donors (Lipinski definition) is 3. The summed E-state index contributed by atoms with van der Waals surface area (Å²) in [5.41, 5.74) is 0. The largest absolute Gasteiger partial charge is 0.341 e. The molecule has 9 heteroatoms. The van der Waals surface area contributed by atoms with Crippen LogP contribution in [-0.4, -0.2) is 65.6 Å². The number of nitrogens with one attached hydrogen (secondary N) is 2. The van der Waals surface area contributed by atoms with E-state index in [0.29, 0.717) is 36.8 Å². The molecule has 1 aliphatic heterocycles. The summed E-state index contributed by atoms with van der Waals surface area (Å²) in [7, 11) is 1.41. The first-order valence-electron chi connectivity index (χ1n) is 9.20. The van der Waals surface area contributed by atoms with Crippen molar-refractivity contribution in [2.75, 3.05) is 20.1 Å². The minimum atomic E-state index is -0.700. The molecule has 2 aliphatic rings. The Balaban J connectivity index is 2.07. The molecule has 3 N–H and O–H groups in total. The number of nitrogens with zero attached hydrogens (tertiary/aromatic N) is 2. The van der Waals surface area contributed by atoms with Crippen LogP contribution >= 0.6 is 0 Å². The normalized spacial score (nSPS) is 21.3. The van der Waals surface area contributed by atoms with Crippen molar-refractivity contribution in [3.63, 3.8) is 0 Å². The number of rotatable bonds is 7.